The van der Waals surface area contributed by atoms with Crippen molar-refractivity contribution in [2.75, 3.05) is 29.9 Å². The van der Waals surface area contributed by atoms with E-state index in [0.29, 0.717) is 25.2 Å². The predicted molar refractivity (Wildman–Crippen MR) is 57.8 cm³/mol. The van der Waals surface area contributed by atoms with Crippen molar-refractivity contribution in [1.29, 1.82) is 0 Å². The second-order valence-corrected chi connectivity index (χ2v) is 3.83. The minimum Gasteiger partial charge on any atom is -0.383 e. The fourth-order valence-corrected chi connectivity index (χ4v) is 1.89. The molecule has 0 unspecified atom stereocenters. The summed E-state index contributed by atoms with van der Waals surface area (Å²) >= 11 is 0. The van der Waals surface area contributed by atoms with Crippen molar-refractivity contribution in [2.45, 2.75) is 12.6 Å². The summed E-state index contributed by atoms with van der Waals surface area (Å²) in [6, 6.07) is 7.11. The minimum atomic E-state index is -4.16. The predicted octanol–water partition coefficient (Wildman–Crippen LogP) is 2.87. The summed E-state index contributed by atoms with van der Waals surface area (Å²) in [6.45, 7) is 0.264. The molecule has 0 aliphatic carbocycles. The quantitative estimate of drug-likeness (QED) is 0.798. The topological polar surface area (TPSA) is 15.3 Å². The molecule has 1 heterocycles. The van der Waals surface area contributed by atoms with E-state index in [4.69, 9.17) is 0 Å². The number of hydrogen-bond acceptors (Lipinski definition) is 2. The molecular weight excluding hydrogens is 217 g/mol. The molecule has 2 rings (SSSR count). The van der Waals surface area contributed by atoms with E-state index in [2.05, 4.69) is 5.32 Å². The Hall–Kier alpha value is -1.39. The maximum Gasteiger partial charge on any atom is 0.405 e. The van der Waals surface area contributed by atoms with Crippen LogP contribution in [0.25, 0.3) is 0 Å². The molecule has 1 aromatic rings. The highest BCUT2D eigenvalue weighted by molar-refractivity contribution is 5.70. The third-order valence-corrected chi connectivity index (χ3v) is 2.54. The molecule has 0 radical (unpaired) electrons. The average Bonchev–Trinajstić information content (AvgIpc) is 2.39. The summed E-state index contributed by atoms with van der Waals surface area (Å²) in [5, 5.41) is 3.13. The van der Waals surface area contributed by atoms with Crippen molar-refractivity contribution >= 4 is 11.4 Å². The van der Waals surface area contributed by atoms with E-state index < -0.39 is 12.7 Å². The number of fused-ring (bicyclic) bond motifs is 1. The summed E-state index contributed by atoms with van der Waals surface area (Å²) < 4.78 is 37.2. The molecule has 1 N–H and O–H groups in total. The van der Waals surface area contributed by atoms with Crippen molar-refractivity contribution in [3.8, 4) is 0 Å². The van der Waals surface area contributed by atoms with E-state index in [1.165, 1.54) is 4.90 Å². The van der Waals surface area contributed by atoms with Crippen LogP contribution in [0.5, 0.6) is 0 Å². The van der Waals surface area contributed by atoms with Gasteiger partial charge < -0.3 is 10.2 Å². The van der Waals surface area contributed by atoms with Crippen LogP contribution in [0.2, 0.25) is 0 Å². The van der Waals surface area contributed by atoms with Gasteiger partial charge in [-0.25, -0.2) is 0 Å². The molecule has 0 bridgehead atoms. The summed E-state index contributed by atoms with van der Waals surface area (Å²) in [5.74, 6) is 0. The zero-order chi connectivity index (χ0) is 11.6. The third kappa shape index (κ3) is 2.59. The smallest absolute Gasteiger partial charge is 0.383 e. The number of rotatable bonds is 1. The molecule has 88 valence electrons. The molecule has 2 nitrogen and oxygen atoms in total. The highest BCUT2D eigenvalue weighted by Gasteiger charge is 2.31. The largest absolute Gasteiger partial charge is 0.405 e. The van der Waals surface area contributed by atoms with Gasteiger partial charge in [0.2, 0.25) is 0 Å². The summed E-state index contributed by atoms with van der Waals surface area (Å²) in [7, 11) is 0. The zero-order valence-electron chi connectivity index (χ0n) is 8.72. The molecule has 0 amide bonds. The lowest BCUT2D eigenvalue weighted by atomic mass is 10.2. The van der Waals surface area contributed by atoms with E-state index in [1.54, 1.807) is 12.1 Å². The SMILES string of the molecule is FC(F)(F)CN1CCCNc2ccccc21. The molecule has 0 fully saturated rings. The Balaban J connectivity index is 2.26. The first kappa shape index (κ1) is 11.1. The Morgan fingerprint density at radius 3 is 2.75 bits per heavy atom. The van der Waals surface area contributed by atoms with E-state index in [9.17, 15) is 13.2 Å². The van der Waals surface area contributed by atoms with Crippen LogP contribution >= 0.6 is 0 Å². The van der Waals surface area contributed by atoms with Gasteiger partial charge in [-0.1, -0.05) is 12.1 Å². The van der Waals surface area contributed by atoms with Gasteiger partial charge in [0.1, 0.15) is 6.54 Å². The van der Waals surface area contributed by atoms with Gasteiger partial charge in [-0.2, -0.15) is 13.2 Å². The minimum absolute atomic E-state index is 0.434. The third-order valence-electron chi connectivity index (χ3n) is 2.54. The average molecular weight is 230 g/mol. The molecule has 1 aliphatic rings. The Kier molecular flexibility index (Phi) is 2.94. The van der Waals surface area contributed by atoms with E-state index >= 15 is 0 Å². The number of nitrogens with one attached hydrogen (secondary N) is 1. The lowest BCUT2D eigenvalue weighted by molar-refractivity contribution is -0.119. The summed E-state index contributed by atoms with van der Waals surface area (Å²) in [5.41, 5.74) is 1.42. The highest BCUT2D eigenvalue weighted by Crippen LogP contribution is 2.30. The monoisotopic (exact) mass is 230 g/mol. The van der Waals surface area contributed by atoms with E-state index in [-0.39, 0.29) is 0 Å². The molecule has 0 saturated carbocycles. The van der Waals surface area contributed by atoms with Crippen LogP contribution in [-0.2, 0) is 0 Å². The first-order chi connectivity index (χ1) is 7.56. The fourth-order valence-electron chi connectivity index (χ4n) is 1.89. The van der Waals surface area contributed by atoms with Crippen molar-refractivity contribution in [1.82, 2.24) is 0 Å². The van der Waals surface area contributed by atoms with Crippen LogP contribution in [0.15, 0.2) is 24.3 Å². The molecule has 1 aromatic carbocycles. The van der Waals surface area contributed by atoms with Gasteiger partial charge >= 0.3 is 6.18 Å². The van der Waals surface area contributed by atoms with Crippen LogP contribution in [0.1, 0.15) is 6.42 Å². The number of para-hydroxylation sites is 2. The molecule has 0 spiro atoms. The standard InChI is InChI=1S/C11H13F3N2/c12-11(13,14)8-16-7-3-6-15-9-4-1-2-5-10(9)16/h1-2,4-5,15H,3,6-8H2. The lowest BCUT2D eigenvalue weighted by Crippen LogP contribution is -2.34. The second kappa shape index (κ2) is 4.23. The van der Waals surface area contributed by atoms with Crippen LogP contribution < -0.4 is 10.2 Å². The van der Waals surface area contributed by atoms with Gasteiger partial charge in [0.25, 0.3) is 0 Å². The normalized spacial score (nSPS) is 16.3. The molecule has 0 saturated heterocycles. The van der Waals surface area contributed by atoms with Gasteiger partial charge in [0.15, 0.2) is 0 Å². The molecule has 5 heteroatoms. The molecule has 1 aliphatic heterocycles. The molecule has 0 atom stereocenters. The van der Waals surface area contributed by atoms with Crippen molar-refractivity contribution in [3.05, 3.63) is 24.3 Å². The van der Waals surface area contributed by atoms with E-state index in [1.807, 2.05) is 12.1 Å². The van der Waals surface area contributed by atoms with Crippen LogP contribution in [0.3, 0.4) is 0 Å². The first-order valence-corrected chi connectivity index (χ1v) is 5.21. The van der Waals surface area contributed by atoms with Crippen LogP contribution in [-0.4, -0.2) is 25.8 Å². The van der Waals surface area contributed by atoms with Crippen molar-refractivity contribution in [2.24, 2.45) is 0 Å². The lowest BCUT2D eigenvalue weighted by Gasteiger charge is -2.25. The second-order valence-electron chi connectivity index (χ2n) is 3.83. The van der Waals surface area contributed by atoms with Gasteiger partial charge in [0, 0.05) is 13.1 Å². The Morgan fingerprint density at radius 1 is 1.25 bits per heavy atom. The van der Waals surface area contributed by atoms with Gasteiger partial charge in [-0.05, 0) is 18.6 Å². The Labute approximate surface area is 92.1 Å². The summed E-state index contributed by atoms with van der Waals surface area (Å²) in [4.78, 5) is 1.38. The number of nitrogens with zero attached hydrogens (tertiary/aromatic N) is 1. The first-order valence-electron chi connectivity index (χ1n) is 5.21. The van der Waals surface area contributed by atoms with Crippen LogP contribution in [0.4, 0.5) is 24.5 Å². The Bertz CT molecular complexity index is 362. The number of benzene rings is 1. The fraction of sp³-hybridized carbons (Fsp3) is 0.455. The summed E-state index contributed by atoms with van der Waals surface area (Å²) in [6.07, 6.45) is -3.44. The molecular formula is C11H13F3N2. The number of hydrogen-bond donors (Lipinski definition) is 1. The maximum absolute atomic E-state index is 12.4. The van der Waals surface area contributed by atoms with Gasteiger partial charge in [-0.15, -0.1) is 0 Å². The Morgan fingerprint density at radius 2 is 2.00 bits per heavy atom. The van der Waals surface area contributed by atoms with Crippen molar-refractivity contribution in [3.63, 3.8) is 0 Å². The molecule has 16 heavy (non-hydrogen) atoms. The maximum atomic E-state index is 12.4. The van der Waals surface area contributed by atoms with Gasteiger partial charge in [-0.3, -0.25) is 0 Å². The molecule has 0 aromatic heterocycles. The number of anilines is 2. The zero-order valence-corrected chi connectivity index (χ0v) is 8.72. The van der Waals surface area contributed by atoms with Crippen LogP contribution in [0, 0.1) is 0 Å². The highest BCUT2D eigenvalue weighted by atomic mass is 19.4. The number of alkyl halides is 3. The van der Waals surface area contributed by atoms with Gasteiger partial charge in [0.05, 0.1) is 11.4 Å². The van der Waals surface area contributed by atoms with Crippen molar-refractivity contribution < 1.29 is 13.2 Å². The van der Waals surface area contributed by atoms with E-state index in [0.717, 1.165) is 5.69 Å². The number of halogens is 3.